The number of allylic oxidation sites excluding steroid dienone is 4. The fraction of sp³-hybridized carbons (Fsp3) is 0.269. The van der Waals surface area contributed by atoms with Gasteiger partial charge in [0.05, 0.1) is 22.5 Å². The van der Waals surface area contributed by atoms with Gasteiger partial charge in [0.15, 0.2) is 5.96 Å². The topological polar surface area (TPSA) is 176 Å². The highest BCUT2D eigenvalue weighted by Gasteiger charge is 2.28. The zero-order valence-corrected chi connectivity index (χ0v) is 23.3. The van der Waals surface area contributed by atoms with E-state index in [1.807, 2.05) is 0 Å². The van der Waals surface area contributed by atoms with Crippen molar-refractivity contribution in [2.24, 2.45) is 16.5 Å². The molecule has 0 atom stereocenters. The Morgan fingerprint density at radius 2 is 1.18 bits per heavy atom. The van der Waals surface area contributed by atoms with Crippen molar-refractivity contribution in [3.63, 3.8) is 0 Å². The van der Waals surface area contributed by atoms with E-state index in [-0.39, 0.29) is 26.2 Å². The average Bonchev–Trinajstić information content (AvgIpc) is 2.83. The summed E-state index contributed by atoms with van der Waals surface area (Å²) in [4.78, 5) is 27.9. The third-order valence-corrected chi connectivity index (χ3v) is 10.3. The summed E-state index contributed by atoms with van der Waals surface area (Å²) in [6, 6.07) is 6.20. The van der Waals surface area contributed by atoms with Crippen LogP contribution in [0.2, 0.25) is 0 Å². The molecule has 12 heteroatoms. The second-order valence-corrected chi connectivity index (χ2v) is 13.1. The van der Waals surface area contributed by atoms with Gasteiger partial charge in [-0.3, -0.25) is 4.79 Å². The van der Waals surface area contributed by atoms with Gasteiger partial charge >= 0.3 is 5.97 Å². The Labute approximate surface area is 221 Å². The summed E-state index contributed by atoms with van der Waals surface area (Å²) in [6.45, 7) is 6.59. The average molecular weight is 560 g/mol. The molecule has 4 rings (SSSR count). The highest BCUT2D eigenvalue weighted by molar-refractivity contribution is 7.95. The van der Waals surface area contributed by atoms with E-state index < -0.39 is 31.6 Å². The molecule has 1 amide bonds. The number of carbonyl (C=O) groups excluding carboxylic acids is 2. The molecule has 2 aliphatic rings. The van der Waals surface area contributed by atoms with Gasteiger partial charge in [-0.1, -0.05) is 24.3 Å². The standard InChI is InChI=1S/C13H15N3O3S.C13H14O4S/c1-7-5-9-4-3-8(2)20(18,19)11(9)6-10(7)12(17)16-13(14)15;1-8-6-10-5-4-9(2)18(15,16)12(10)7-11(8)13(14)17-3/h3,5-6H,4H2,1-2H3,(H4,14,15,16,17);4,6-7H,5H2,1-3H3. The van der Waals surface area contributed by atoms with Crippen LogP contribution in [-0.4, -0.2) is 41.8 Å². The van der Waals surface area contributed by atoms with Gasteiger partial charge in [0.25, 0.3) is 5.91 Å². The van der Waals surface area contributed by atoms with Gasteiger partial charge in [0.1, 0.15) is 0 Å². The van der Waals surface area contributed by atoms with Crippen LogP contribution in [0.3, 0.4) is 0 Å². The molecule has 2 aliphatic heterocycles. The number of carbonyl (C=O) groups is 2. The summed E-state index contributed by atoms with van der Waals surface area (Å²) in [6.07, 6.45) is 4.45. The summed E-state index contributed by atoms with van der Waals surface area (Å²) in [5.41, 5.74) is 13.6. The second kappa shape index (κ2) is 10.5. The lowest BCUT2D eigenvalue weighted by molar-refractivity contribution is 0.0599. The van der Waals surface area contributed by atoms with Crippen LogP contribution in [-0.2, 0) is 37.3 Å². The van der Waals surface area contributed by atoms with E-state index in [9.17, 15) is 26.4 Å². The number of aryl methyl sites for hydroxylation is 2. The van der Waals surface area contributed by atoms with Crippen LogP contribution in [0.4, 0.5) is 0 Å². The molecule has 202 valence electrons. The first-order valence-corrected chi connectivity index (χ1v) is 14.4. The van der Waals surface area contributed by atoms with E-state index in [1.54, 1.807) is 45.1 Å². The molecule has 10 nitrogen and oxygen atoms in total. The quantitative estimate of drug-likeness (QED) is 0.318. The van der Waals surface area contributed by atoms with Crippen molar-refractivity contribution in [3.05, 3.63) is 79.6 Å². The van der Waals surface area contributed by atoms with Crippen molar-refractivity contribution in [2.75, 3.05) is 7.11 Å². The number of amides is 1. The maximum atomic E-state index is 12.2. The Hall–Kier alpha value is -3.77. The molecule has 0 fully saturated rings. The fourth-order valence-electron chi connectivity index (χ4n) is 4.13. The molecule has 0 saturated carbocycles. The Morgan fingerprint density at radius 1 is 0.763 bits per heavy atom. The number of nitrogens with zero attached hydrogens (tertiary/aromatic N) is 1. The molecule has 0 radical (unpaired) electrons. The molecule has 0 saturated heterocycles. The number of fused-ring (bicyclic) bond motifs is 2. The summed E-state index contributed by atoms with van der Waals surface area (Å²) in [7, 11) is -5.69. The zero-order chi connectivity index (χ0) is 28.6. The van der Waals surface area contributed by atoms with Crippen LogP contribution in [0.25, 0.3) is 0 Å². The fourth-order valence-corrected chi connectivity index (χ4v) is 6.95. The van der Waals surface area contributed by atoms with Gasteiger partial charge in [0.2, 0.25) is 19.7 Å². The van der Waals surface area contributed by atoms with Gasteiger partial charge in [-0.25, -0.2) is 21.6 Å². The van der Waals surface area contributed by atoms with E-state index in [4.69, 9.17) is 11.5 Å². The summed E-state index contributed by atoms with van der Waals surface area (Å²) < 4.78 is 53.5. The number of sulfone groups is 2. The molecule has 0 bridgehead atoms. The number of rotatable bonds is 2. The van der Waals surface area contributed by atoms with Crippen molar-refractivity contribution in [2.45, 2.75) is 50.3 Å². The predicted octanol–water partition coefficient (Wildman–Crippen LogP) is 2.66. The minimum absolute atomic E-state index is 0.150. The summed E-state index contributed by atoms with van der Waals surface area (Å²) >= 11 is 0. The van der Waals surface area contributed by atoms with E-state index in [0.717, 1.165) is 11.1 Å². The number of nitrogens with two attached hydrogens (primary N) is 2. The molecule has 38 heavy (non-hydrogen) atoms. The molecule has 0 aromatic heterocycles. The number of esters is 1. The molecule has 4 N–H and O–H groups in total. The monoisotopic (exact) mass is 559 g/mol. The van der Waals surface area contributed by atoms with Crippen LogP contribution < -0.4 is 11.5 Å². The lowest BCUT2D eigenvalue weighted by Crippen LogP contribution is -2.24. The van der Waals surface area contributed by atoms with Crippen molar-refractivity contribution in [1.29, 1.82) is 0 Å². The second-order valence-electron chi connectivity index (χ2n) is 8.93. The Balaban J connectivity index is 0.000000212. The van der Waals surface area contributed by atoms with Gasteiger partial charge in [-0.2, -0.15) is 4.99 Å². The van der Waals surface area contributed by atoms with Crippen LogP contribution in [0.5, 0.6) is 0 Å². The highest BCUT2D eigenvalue weighted by atomic mass is 32.2. The van der Waals surface area contributed by atoms with Crippen LogP contribution in [0.15, 0.2) is 61.0 Å². The first-order valence-electron chi connectivity index (χ1n) is 11.4. The summed E-state index contributed by atoms with van der Waals surface area (Å²) in [5, 5.41) is 0. The molecule has 0 aliphatic carbocycles. The largest absolute Gasteiger partial charge is 0.465 e. The third-order valence-electron chi connectivity index (χ3n) is 6.33. The van der Waals surface area contributed by atoms with Crippen molar-refractivity contribution in [3.8, 4) is 0 Å². The highest BCUT2D eigenvalue weighted by Crippen LogP contribution is 2.32. The van der Waals surface area contributed by atoms with Crippen molar-refractivity contribution >= 4 is 37.5 Å². The van der Waals surface area contributed by atoms with Crippen LogP contribution in [0, 0.1) is 13.8 Å². The van der Waals surface area contributed by atoms with E-state index >= 15 is 0 Å². The van der Waals surface area contributed by atoms with E-state index in [1.165, 1.54) is 26.2 Å². The number of guanidine groups is 1. The predicted molar refractivity (Wildman–Crippen MR) is 143 cm³/mol. The van der Waals surface area contributed by atoms with Crippen LogP contribution in [0.1, 0.15) is 56.8 Å². The SMILES string of the molecule is CC1=CCc2cc(C)c(C(=O)N=C(N)N)cc2S1(=O)=O.COC(=O)c1cc2c(cc1C)CC=C(C)S2(=O)=O. The Kier molecular flexibility index (Phi) is 7.99. The van der Waals surface area contributed by atoms with Gasteiger partial charge in [-0.05, 0) is 74.9 Å². The van der Waals surface area contributed by atoms with E-state index in [0.29, 0.717) is 34.4 Å². The molecule has 0 spiro atoms. The molecular formula is C26H29N3O7S2. The molecule has 2 heterocycles. The van der Waals surface area contributed by atoms with Crippen LogP contribution >= 0.6 is 0 Å². The lowest BCUT2D eigenvalue weighted by Gasteiger charge is -2.17. The lowest BCUT2D eigenvalue weighted by atomic mass is 10.0. The van der Waals surface area contributed by atoms with Gasteiger partial charge in [-0.15, -0.1) is 0 Å². The molecule has 2 aromatic rings. The molecule has 0 unspecified atom stereocenters. The molecule has 2 aromatic carbocycles. The summed E-state index contributed by atoms with van der Waals surface area (Å²) in [5.74, 6) is -1.52. The number of ether oxygens (including phenoxy) is 1. The van der Waals surface area contributed by atoms with E-state index in [2.05, 4.69) is 9.73 Å². The van der Waals surface area contributed by atoms with Crippen molar-refractivity contribution in [1.82, 2.24) is 0 Å². The molecular weight excluding hydrogens is 530 g/mol. The zero-order valence-electron chi connectivity index (χ0n) is 21.7. The minimum atomic E-state index is -3.52. The number of aliphatic imine (C=N–C) groups is 1. The van der Waals surface area contributed by atoms with Gasteiger partial charge < -0.3 is 16.2 Å². The Bertz CT molecular complexity index is 1660. The Morgan fingerprint density at radius 3 is 1.61 bits per heavy atom. The minimum Gasteiger partial charge on any atom is -0.465 e. The number of methoxy groups -OCH3 is 1. The van der Waals surface area contributed by atoms with Crippen molar-refractivity contribution < 1.29 is 31.2 Å². The first-order chi connectivity index (χ1) is 17.6. The smallest absolute Gasteiger partial charge is 0.338 e. The number of hydrogen-bond acceptors (Lipinski definition) is 7. The normalized spacial score (nSPS) is 16.3. The van der Waals surface area contributed by atoms with Gasteiger partial charge in [0, 0.05) is 15.4 Å². The number of hydrogen-bond donors (Lipinski definition) is 2. The number of benzene rings is 2. The first kappa shape index (κ1) is 28.8. The maximum absolute atomic E-state index is 12.2. The third kappa shape index (κ3) is 5.41. The maximum Gasteiger partial charge on any atom is 0.338 e.